The maximum absolute atomic E-state index is 10.5. The van der Waals surface area contributed by atoms with Crippen LogP contribution < -0.4 is 5.32 Å². The monoisotopic (exact) mass is 172 g/mol. The third-order valence-corrected chi connectivity index (χ3v) is 1.22. The minimum absolute atomic E-state index is 0.0505. The van der Waals surface area contributed by atoms with Crippen molar-refractivity contribution < 1.29 is 14.7 Å². The minimum atomic E-state index is -1.24. The first-order valence-electron chi connectivity index (χ1n) is 3.51. The molecule has 3 N–H and O–H groups in total. The molecule has 5 heteroatoms. The van der Waals surface area contributed by atoms with E-state index in [9.17, 15) is 9.59 Å². The van der Waals surface area contributed by atoms with Gasteiger partial charge in [-0.25, -0.2) is 4.79 Å². The van der Waals surface area contributed by atoms with Crippen LogP contribution in [0.3, 0.4) is 0 Å². The van der Waals surface area contributed by atoms with Gasteiger partial charge in [0, 0.05) is 19.4 Å². The Bertz CT molecular complexity index is 213. The number of carbonyl (C=O) groups excluding carboxylic acids is 1. The van der Waals surface area contributed by atoms with Gasteiger partial charge in [-0.05, 0) is 6.92 Å². The van der Waals surface area contributed by atoms with Crippen LogP contribution in [0.4, 0.5) is 0 Å². The Hall–Kier alpha value is -1.39. The van der Waals surface area contributed by atoms with Crippen molar-refractivity contribution in [1.29, 1.82) is 5.41 Å². The maximum atomic E-state index is 10.5. The molecule has 0 saturated carbocycles. The normalized spacial score (nSPS) is 11.8. The van der Waals surface area contributed by atoms with Crippen LogP contribution in [-0.4, -0.2) is 28.7 Å². The molecule has 0 rings (SSSR count). The zero-order chi connectivity index (χ0) is 9.72. The van der Waals surface area contributed by atoms with E-state index in [0.717, 1.165) is 0 Å². The number of rotatable bonds is 4. The standard InChI is InChI=1S/C7H12N2O3/c1-4(9-5(2)10)3-6(8)7(11)12/h4,8H,3H2,1-2H3,(H,9,10)(H,11,12)/t4-/m0/s1. The summed E-state index contributed by atoms with van der Waals surface area (Å²) in [6, 6.07) is -0.300. The molecule has 0 radical (unpaired) electrons. The summed E-state index contributed by atoms with van der Waals surface area (Å²) in [5.41, 5.74) is -0.392. The molecular weight excluding hydrogens is 160 g/mol. The third-order valence-electron chi connectivity index (χ3n) is 1.22. The third kappa shape index (κ3) is 4.43. The highest BCUT2D eigenvalue weighted by atomic mass is 16.4. The van der Waals surface area contributed by atoms with Crippen molar-refractivity contribution in [2.75, 3.05) is 0 Å². The van der Waals surface area contributed by atoms with Crippen molar-refractivity contribution in [3.05, 3.63) is 0 Å². The molecule has 0 aromatic heterocycles. The fourth-order valence-corrected chi connectivity index (χ4v) is 0.792. The molecule has 0 unspecified atom stereocenters. The Morgan fingerprint density at radius 3 is 2.42 bits per heavy atom. The lowest BCUT2D eigenvalue weighted by Crippen LogP contribution is -2.33. The highest BCUT2D eigenvalue weighted by Crippen LogP contribution is 1.92. The van der Waals surface area contributed by atoms with Gasteiger partial charge in [-0.1, -0.05) is 0 Å². The van der Waals surface area contributed by atoms with Crippen LogP contribution in [0, 0.1) is 5.41 Å². The van der Waals surface area contributed by atoms with Crippen molar-refractivity contribution in [1.82, 2.24) is 5.32 Å². The molecular formula is C7H12N2O3. The summed E-state index contributed by atoms with van der Waals surface area (Å²) >= 11 is 0. The van der Waals surface area contributed by atoms with Gasteiger partial charge in [0.1, 0.15) is 5.71 Å². The zero-order valence-corrected chi connectivity index (χ0v) is 7.05. The summed E-state index contributed by atoms with van der Waals surface area (Å²) < 4.78 is 0. The molecule has 0 bridgehead atoms. The molecule has 1 atom stereocenters. The summed E-state index contributed by atoms with van der Waals surface area (Å²) in [4.78, 5) is 20.7. The van der Waals surface area contributed by atoms with Gasteiger partial charge in [0.2, 0.25) is 5.91 Å². The second-order valence-corrected chi connectivity index (χ2v) is 2.59. The number of nitrogens with one attached hydrogen (secondary N) is 2. The zero-order valence-electron chi connectivity index (χ0n) is 7.05. The SMILES string of the molecule is CC(=O)N[C@@H](C)CC(=N)C(=O)O. The summed E-state index contributed by atoms with van der Waals surface area (Å²) in [6.45, 7) is 3.00. The van der Waals surface area contributed by atoms with Crippen molar-refractivity contribution in [3.8, 4) is 0 Å². The molecule has 0 aliphatic carbocycles. The number of carbonyl (C=O) groups is 2. The van der Waals surface area contributed by atoms with Crippen LogP contribution in [0.1, 0.15) is 20.3 Å². The van der Waals surface area contributed by atoms with E-state index in [-0.39, 0.29) is 18.4 Å². The summed E-state index contributed by atoms with van der Waals surface area (Å²) in [5, 5.41) is 17.8. The van der Waals surface area contributed by atoms with Crippen LogP contribution >= 0.6 is 0 Å². The molecule has 0 aromatic rings. The highest BCUT2D eigenvalue weighted by molar-refractivity contribution is 6.34. The van der Waals surface area contributed by atoms with Gasteiger partial charge in [-0.3, -0.25) is 10.2 Å². The fraction of sp³-hybridized carbons (Fsp3) is 0.571. The van der Waals surface area contributed by atoms with E-state index in [0.29, 0.717) is 0 Å². The smallest absolute Gasteiger partial charge is 0.349 e. The molecule has 1 amide bonds. The van der Waals surface area contributed by atoms with E-state index in [1.807, 2.05) is 0 Å². The molecule has 0 aliphatic heterocycles. The molecule has 0 fully saturated rings. The van der Waals surface area contributed by atoms with Gasteiger partial charge < -0.3 is 10.4 Å². The van der Waals surface area contributed by atoms with E-state index in [1.54, 1.807) is 6.92 Å². The second kappa shape index (κ2) is 4.48. The largest absolute Gasteiger partial charge is 0.477 e. The summed E-state index contributed by atoms with van der Waals surface area (Å²) in [7, 11) is 0. The molecule has 0 aromatic carbocycles. The first kappa shape index (κ1) is 10.6. The number of hydrogen-bond donors (Lipinski definition) is 3. The molecule has 0 aliphatic rings. The van der Waals surface area contributed by atoms with E-state index < -0.39 is 11.7 Å². The predicted molar refractivity (Wildman–Crippen MR) is 43.3 cm³/mol. The van der Waals surface area contributed by atoms with Gasteiger partial charge in [0.05, 0.1) is 0 Å². The average molecular weight is 172 g/mol. The van der Waals surface area contributed by atoms with Crippen LogP contribution in [0.15, 0.2) is 0 Å². The highest BCUT2D eigenvalue weighted by Gasteiger charge is 2.11. The number of carboxylic acid groups (broad SMARTS) is 1. The van der Waals surface area contributed by atoms with Crippen molar-refractivity contribution in [3.63, 3.8) is 0 Å². The van der Waals surface area contributed by atoms with Crippen molar-refractivity contribution >= 4 is 17.6 Å². The number of carboxylic acids is 1. The summed E-state index contributed by atoms with van der Waals surface area (Å²) in [6.07, 6.45) is 0.0505. The fourth-order valence-electron chi connectivity index (χ4n) is 0.792. The van der Waals surface area contributed by atoms with Crippen LogP contribution in [-0.2, 0) is 9.59 Å². The van der Waals surface area contributed by atoms with Gasteiger partial charge in [-0.2, -0.15) is 0 Å². The second-order valence-electron chi connectivity index (χ2n) is 2.59. The number of hydrogen-bond acceptors (Lipinski definition) is 3. The Kier molecular flexibility index (Phi) is 3.96. The molecule has 0 spiro atoms. The quantitative estimate of drug-likeness (QED) is 0.521. The van der Waals surface area contributed by atoms with Gasteiger partial charge >= 0.3 is 5.97 Å². The Morgan fingerprint density at radius 2 is 2.08 bits per heavy atom. The Morgan fingerprint density at radius 1 is 1.58 bits per heavy atom. The molecule has 0 saturated heterocycles. The van der Waals surface area contributed by atoms with Crippen LogP contribution in [0.2, 0.25) is 0 Å². The lowest BCUT2D eigenvalue weighted by molar-refractivity contribution is -0.129. The van der Waals surface area contributed by atoms with E-state index in [2.05, 4.69) is 5.32 Å². The molecule has 5 nitrogen and oxygen atoms in total. The minimum Gasteiger partial charge on any atom is -0.477 e. The molecule has 0 heterocycles. The predicted octanol–water partition coefficient (Wildman–Crippen LogP) is 0.00547. The van der Waals surface area contributed by atoms with Crippen molar-refractivity contribution in [2.45, 2.75) is 26.3 Å². The van der Waals surface area contributed by atoms with Crippen molar-refractivity contribution in [2.24, 2.45) is 0 Å². The Balaban J connectivity index is 3.84. The first-order valence-corrected chi connectivity index (χ1v) is 3.51. The number of aliphatic carboxylic acids is 1. The van der Waals surface area contributed by atoms with E-state index >= 15 is 0 Å². The van der Waals surface area contributed by atoms with E-state index in [1.165, 1.54) is 6.92 Å². The van der Waals surface area contributed by atoms with Gasteiger partial charge in [-0.15, -0.1) is 0 Å². The first-order chi connectivity index (χ1) is 5.43. The summed E-state index contributed by atoms with van der Waals surface area (Å²) in [5.74, 6) is -1.46. The van der Waals surface area contributed by atoms with Crippen LogP contribution in [0.25, 0.3) is 0 Å². The van der Waals surface area contributed by atoms with Crippen LogP contribution in [0.5, 0.6) is 0 Å². The van der Waals surface area contributed by atoms with Gasteiger partial charge in [0.15, 0.2) is 0 Å². The molecule has 12 heavy (non-hydrogen) atoms. The lowest BCUT2D eigenvalue weighted by atomic mass is 10.1. The molecule has 68 valence electrons. The van der Waals surface area contributed by atoms with E-state index in [4.69, 9.17) is 10.5 Å². The average Bonchev–Trinajstić information content (AvgIpc) is 1.84. The maximum Gasteiger partial charge on any atom is 0.349 e. The van der Waals surface area contributed by atoms with Gasteiger partial charge in [0.25, 0.3) is 0 Å². The number of amides is 1. The Labute approximate surface area is 70.3 Å². The lowest BCUT2D eigenvalue weighted by Gasteiger charge is -2.10. The topological polar surface area (TPSA) is 90.3 Å².